The van der Waals surface area contributed by atoms with Gasteiger partial charge in [-0.1, -0.05) is 23.7 Å². The van der Waals surface area contributed by atoms with E-state index in [2.05, 4.69) is 15.0 Å². The van der Waals surface area contributed by atoms with Crippen molar-refractivity contribution in [3.05, 3.63) is 52.9 Å². The largest absolute Gasteiger partial charge is 0.417 e. The molecule has 0 aliphatic carbocycles. The highest BCUT2D eigenvalue weighted by atomic mass is 35.5. The Morgan fingerprint density at radius 1 is 1.23 bits per heavy atom. The van der Waals surface area contributed by atoms with Crippen molar-refractivity contribution >= 4 is 28.5 Å². The quantitative estimate of drug-likeness (QED) is 0.679. The number of imidazole rings is 1. The standard InChI is InChI=1S/C18H16ClF3N4/c19-13-8-12(18(20,21)22)9-23-17(13)26-7-3-4-11(10-26)16-24-14-5-1-2-6-15(14)25-16/h1-2,5-6,8-9,11H,3-4,7,10H2,(H,24,25)/t11-/m0/s1. The van der Waals surface area contributed by atoms with E-state index in [9.17, 15) is 13.2 Å². The Hall–Kier alpha value is -2.28. The van der Waals surface area contributed by atoms with Crippen LogP contribution in [0.3, 0.4) is 0 Å². The van der Waals surface area contributed by atoms with Gasteiger partial charge in [0.2, 0.25) is 0 Å². The summed E-state index contributed by atoms with van der Waals surface area (Å²) in [5.41, 5.74) is 1.05. The van der Waals surface area contributed by atoms with E-state index >= 15 is 0 Å². The van der Waals surface area contributed by atoms with Crippen molar-refractivity contribution < 1.29 is 13.2 Å². The van der Waals surface area contributed by atoms with E-state index in [1.54, 1.807) is 0 Å². The molecule has 3 heterocycles. The monoisotopic (exact) mass is 380 g/mol. The highest BCUT2D eigenvalue weighted by Gasteiger charge is 2.33. The molecule has 0 saturated carbocycles. The van der Waals surface area contributed by atoms with Gasteiger partial charge in [-0.3, -0.25) is 0 Å². The second kappa shape index (κ2) is 6.46. The third-order valence-electron chi connectivity index (χ3n) is 4.66. The minimum absolute atomic E-state index is 0.0186. The molecular weight excluding hydrogens is 365 g/mol. The maximum atomic E-state index is 12.8. The normalized spacial score (nSPS) is 18.5. The molecule has 0 amide bonds. The van der Waals surface area contributed by atoms with Gasteiger partial charge in [0.1, 0.15) is 11.6 Å². The van der Waals surface area contributed by atoms with Crippen LogP contribution in [0.25, 0.3) is 11.0 Å². The Morgan fingerprint density at radius 2 is 2.04 bits per heavy atom. The van der Waals surface area contributed by atoms with Crippen LogP contribution >= 0.6 is 11.6 Å². The molecule has 0 bridgehead atoms. The molecule has 2 aromatic heterocycles. The molecule has 4 rings (SSSR count). The van der Waals surface area contributed by atoms with Crippen LogP contribution in [0.5, 0.6) is 0 Å². The summed E-state index contributed by atoms with van der Waals surface area (Å²) < 4.78 is 38.4. The van der Waals surface area contributed by atoms with E-state index in [-0.39, 0.29) is 10.9 Å². The van der Waals surface area contributed by atoms with E-state index in [0.717, 1.165) is 42.0 Å². The maximum Gasteiger partial charge on any atom is 0.417 e. The molecule has 26 heavy (non-hydrogen) atoms. The lowest BCUT2D eigenvalue weighted by molar-refractivity contribution is -0.137. The molecule has 0 radical (unpaired) electrons. The number of benzene rings is 1. The van der Waals surface area contributed by atoms with Crippen LogP contribution in [0.4, 0.5) is 19.0 Å². The van der Waals surface area contributed by atoms with Crippen LogP contribution in [0.2, 0.25) is 5.02 Å². The highest BCUT2D eigenvalue weighted by Crippen LogP contribution is 2.36. The van der Waals surface area contributed by atoms with Crippen molar-refractivity contribution in [1.82, 2.24) is 15.0 Å². The lowest BCUT2D eigenvalue weighted by Gasteiger charge is -2.33. The Kier molecular flexibility index (Phi) is 4.26. The van der Waals surface area contributed by atoms with Crippen LogP contribution in [-0.4, -0.2) is 28.0 Å². The van der Waals surface area contributed by atoms with Crippen molar-refractivity contribution in [3.63, 3.8) is 0 Å². The van der Waals surface area contributed by atoms with Gasteiger partial charge in [-0.2, -0.15) is 13.2 Å². The number of halogens is 4. The number of rotatable bonds is 2. The zero-order valence-electron chi connectivity index (χ0n) is 13.7. The van der Waals surface area contributed by atoms with Gasteiger partial charge in [0.25, 0.3) is 0 Å². The van der Waals surface area contributed by atoms with Gasteiger partial charge in [-0.25, -0.2) is 9.97 Å². The van der Waals surface area contributed by atoms with Crippen molar-refractivity contribution in [2.24, 2.45) is 0 Å². The number of aromatic amines is 1. The number of para-hydroxylation sites is 2. The second-order valence-corrected chi connectivity index (χ2v) is 6.86. The summed E-state index contributed by atoms with van der Waals surface area (Å²) in [6, 6.07) is 8.75. The number of piperidine rings is 1. The summed E-state index contributed by atoms with van der Waals surface area (Å²) >= 11 is 6.10. The fraction of sp³-hybridized carbons (Fsp3) is 0.333. The van der Waals surface area contributed by atoms with Gasteiger partial charge < -0.3 is 9.88 Å². The molecular formula is C18H16ClF3N4. The summed E-state index contributed by atoms with van der Waals surface area (Å²) in [6.07, 6.45) is -1.77. The summed E-state index contributed by atoms with van der Waals surface area (Å²) in [5.74, 6) is 1.43. The fourth-order valence-corrected chi connectivity index (χ4v) is 3.66. The Labute approximate surface area is 153 Å². The van der Waals surface area contributed by atoms with Crippen LogP contribution in [0, 0.1) is 0 Å². The van der Waals surface area contributed by atoms with Gasteiger partial charge in [0.05, 0.1) is 21.6 Å². The minimum Gasteiger partial charge on any atom is -0.355 e. The molecule has 1 saturated heterocycles. The van der Waals surface area contributed by atoms with Crippen molar-refractivity contribution in [2.75, 3.05) is 18.0 Å². The van der Waals surface area contributed by atoms with E-state index in [4.69, 9.17) is 11.6 Å². The maximum absolute atomic E-state index is 12.8. The SMILES string of the molecule is FC(F)(F)c1cnc(N2CCC[C@H](c3nc4ccccc4[nH]3)C2)c(Cl)c1. The smallest absolute Gasteiger partial charge is 0.355 e. The molecule has 0 unspecified atom stereocenters. The number of H-pyrrole nitrogens is 1. The van der Waals surface area contributed by atoms with E-state index < -0.39 is 11.7 Å². The number of pyridine rings is 1. The van der Waals surface area contributed by atoms with Crippen molar-refractivity contribution in [1.29, 1.82) is 0 Å². The summed E-state index contributed by atoms with van der Waals surface area (Å²) in [7, 11) is 0. The van der Waals surface area contributed by atoms with Gasteiger partial charge in [-0.15, -0.1) is 0 Å². The Bertz CT molecular complexity index is 905. The second-order valence-electron chi connectivity index (χ2n) is 6.45. The predicted molar refractivity (Wildman–Crippen MR) is 94.5 cm³/mol. The first-order valence-electron chi connectivity index (χ1n) is 8.34. The van der Waals surface area contributed by atoms with Crippen molar-refractivity contribution in [3.8, 4) is 0 Å². The molecule has 3 aromatic rings. The van der Waals surface area contributed by atoms with Crippen LogP contribution in [0.1, 0.15) is 30.1 Å². The molecule has 8 heteroatoms. The van der Waals surface area contributed by atoms with Gasteiger partial charge in [0.15, 0.2) is 0 Å². The fourth-order valence-electron chi connectivity index (χ4n) is 3.38. The van der Waals surface area contributed by atoms with E-state index in [0.29, 0.717) is 18.9 Å². The zero-order valence-corrected chi connectivity index (χ0v) is 14.5. The predicted octanol–water partition coefficient (Wildman–Crippen LogP) is 5.01. The number of fused-ring (bicyclic) bond motifs is 1. The van der Waals surface area contributed by atoms with Gasteiger partial charge in [-0.05, 0) is 31.0 Å². The van der Waals surface area contributed by atoms with Crippen LogP contribution < -0.4 is 4.90 Å². The topological polar surface area (TPSA) is 44.8 Å². The van der Waals surface area contributed by atoms with Gasteiger partial charge in [0, 0.05) is 25.2 Å². The van der Waals surface area contributed by atoms with Crippen LogP contribution in [0.15, 0.2) is 36.5 Å². The molecule has 1 aromatic carbocycles. The first-order valence-corrected chi connectivity index (χ1v) is 8.72. The molecule has 1 atom stereocenters. The van der Waals surface area contributed by atoms with Gasteiger partial charge >= 0.3 is 6.18 Å². The number of anilines is 1. The molecule has 1 fully saturated rings. The number of alkyl halides is 3. The number of hydrogen-bond acceptors (Lipinski definition) is 3. The average Bonchev–Trinajstić information content (AvgIpc) is 3.05. The molecule has 1 aliphatic rings. The third kappa shape index (κ3) is 3.23. The highest BCUT2D eigenvalue weighted by molar-refractivity contribution is 6.33. The molecule has 1 N–H and O–H groups in total. The number of nitrogens with one attached hydrogen (secondary N) is 1. The lowest BCUT2D eigenvalue weighted by Crippen LogP contribution is -2.35. The lowest BCUT2D eigenvalue weighted by atomic mass is 9.97. The molecule has 0 spiro atoms. The first-order chi connectivity index (χ1) is 12.4. The van der Waals surface area contributed by atoms with Crippen molar-refractivity contribution in [2.45, 2.75) is 24.9 Å². The molecule has 4 nitrogen and oxygen atoms in total. The Morgan fingerprint density at radius 3 is 2.77 bits per heavy atom. The number of aromatic nitrogens is 3. The number of nitrogens with zero attached hydrogens (tertiary/aromatic N) is 3. The Balaban J connectivity index is 1.58. The number of hydrogen-bond donors (Lipinski definition) is 1. The van der Waals surface area contributed by atoms with Crippen LogP contribution in [-0.2, 0) is 6.18 Å². The zero-order chi connectivity index (χ0) is 18.3. The third-order valence-corrected chi connectivity index (χ3v) is 4.94. The summed E-state index contributed by atoms with van der Waals surface area (Å²) in [6.45, 7) is 1.31. The average molecular weight is 381 g/mol. The summed E-state index contributed by atoms with van der Waals surface area (Å²) in [4.78, 5) is 13.9. The van der Waals surface area contributed by atoms with E-state index in [1.165, 1.54) is 0 Å². The molecule has 136 valence electrons. The van der Waals surface area contributed by atoms with E-state index in [1.807, 2.05) is 29.2 Å². The molecule has 1 aliphatic heterocycles. The summed E-state index contributed by atoms with van der Waals surface area (Å²) in [5, 5.41) is 0.0186. The first kappa shape index (κ1) is 17.1. The minimum atomic E-state index is -4.45.